The third-order valence-corrected chi connectivity index (χ3v) is 5.64. The summed E-state index contributed by atoms with van der Waals surface area (Å²) in [6.45, 7) is 0. The molecule has 164 valence electrons. The Bertz CT molecular complexity index is 1320. The van der Waals surface area contributed by atoms with Gasteiger partial charge >= 0.3 is 6.18 Å². The maximum atomic E-state index is 13.2. The number of aromatic nitrogens is 1. The summed E-state index contributed by atoms with van der Waals surface area (Å²) < 4.78 is 51.2. The van der Waals surface area contributed by atoms with E-state index in [0.717, 1.165) is 38.7 Å². The Kier molecular flexibility index (Phi) is 5.70. The van der Waals surface area contributed by atoms with Crippen LogP contribution in [-0.4, -0.2) is 24.3 Å². The number of phenolic OH excluding ortho intramolecular Hbond substituents is 1. The standard InChI is InChI=1S/C22H16F3N3O3S/c1-30-14-5-8-18-20(11-14)32-21(26-18)12-3-6-17(19(9-12)31-2)28-27-16-7-4-13(29)10-15(16)22(23,24)25/h3-11,29H,1-2H3/b28-27+. The average molecular weight is 459 g/mol. The highest BCUT2D eigenvalue weighted by atomic mass is 32.1. The molecule has 0 amide bonds. The number of aromatic hydroxyl groups is 1. The second kappa shape index (κ2) is 8.46. The molecule has 6 nitrogen and oxygen atoms in total. The van der Waals surface area contributed by atoms with Crippen molar-refractivity contribution >= 4 is 32.9 Å². The maximum absolute atomic E-state index is 13.2. The molecular weight excluding hydrogens is 443 g/mol. The molecule has 3 aromatic carbocycles. The summed E-state index contributed by atoms with van der Waals surface area (Å²) in [4.78, 5) is 4.61. The van der Waals surface area contributed by atoms with Crippen LogP contribution in [0, 0.1) is 0 Å². The summed E-state index contributed by atoms with van der Waals surface area (Å²) in [6.07, 6.45) is -4.68. The van der Waals surface area contributed by atoms with Crippen LogP contribution in [0.1, 0.15) is 5.56 Å². The largest absolute Gasteiger partial charge is 0.508 e. The normalized spacial score (nSPS) is 11.9. The minimum atomic E-state index is -4.68. The van der Waals surface area contributed by atoms with Gasteiger partial charge in [-0.15, -0.1) is 21.6 Å². The summed E-state index contributed by atoms with van der Waals surface area (Å²) in [5, 5.41) is 17.8. The van der Waals surface area contributed by atoms with Crippen LogP contribution in [-0.2, 0) is 6.18 Å². The molecule has 4 rings (SSSR count). The Morgan fingerprint density at radius 1 is 0.906 bits per heavy atom. The number of benzene rings is 3. The Hall–Kier alpha value is -3.66. The highest BCUT2D eigenvalue weighted by molar-refractivity contribution is 7.21. The van der Waals surface area contributed by atoms with Crippen molar-refractivity contribution in [1.29, 1.82) is 0 Å². The van der Waals surface area contributed by atoms with Crippen molar-refractivity contribution in [2.75, 3.05) is 14.2 Å². The number of methoxy groups -OCH3 is 2. The van der Waals surface area contributed by atoms with Crippen LogP contribution in [0.5, 0.6) is 17.2 Å². The Balaban J connectivity index is 1.68. The third-order valence-electron chi connectivity index (χ3n) is 4.57. The van der Waals surface area contributed by atoms with Gasteiger partial charge in [0, 0.05) is 5.56 Å². The van der Waals surface area contributed by atoms with E-state index in [-0.39, 0.29) is 5.69 Å². The first-order chi connectivity index (χ1) is 15.3. The van der Waals surface area contributed by atoms with E-state index in [1.807, 2.05) is 18.2 Å². The van der Waals surface area contributed by atoms with E-state index in [0.29, 0.717) is 11.8 Å². The van der Waals surface area contributed by atoms with Crippen molar-refractivity contribution in [3.05, 3.63) is 60.2 Å². The predicted molar refractivity (Wildman–Crippen MR) is 115 cm³/mol. The fourth-order valence-electron chi connectivity index (χ4n) is 2.99. The van der Waals surface area contributed by atoms with Crippen LogP contribution < -0.4 is 9.47 Å². The van der Waals surface area contributed by atoms with E-state index >= 15 is 0 Å². The zero-order valence-electron chi connectivity index (χ0n) is 16.8. The van der Waals surface area contributed by atoms with Gasteiger partial charge in [-0.2, -0.15) is 13.2 Å². The van der Waals surface area contributed by atoms with Crippen LogP contribution >= 0.6 is 11.3 Å². The fourth-order valence-corrected chi connectivity index (χ4v) is 3.99. The SMILES string of the molecule is COc1ccc2nc(-c3ccc(/N=N/c4ccc(O)cc4C(F)(F)F)c(OC)c3)sc2c1. The first-order valence-electron chi connectivity index (χ1n) is 9.23. The lowest BCUT2D eigenvalue weighted by molar-refractivity contribution is -0.137. The van der Waals surface area contributed by atoms with E-state index in [1.165, 1.54) is 18.4 Å². The van der Waals surface area contributed by atoms with Crippen molar-refractivity contribution in [1.82, 2.24) is 4.98 Å². The molecule has 0 atom stereocenters. The van der Waals surface area contributed by atoms with Gasteiger partial charge in [-0.1, -0.05) is 0 Å². The van der Waals surface area contributed by atoms with Crippen molar-refractivity contribution < 1.29 is 27.8 Å². The van der Waals surface area contributed by atoms with Gasteiger partial charge in [-0.3, -0.25) is 0 Å². The van der Waals surface area contributed by atoms with Crippen LogP contribution in [0.25, 0.3) is 20.8 Å². The molecule has 0 saturated heterocycles. The van der Waals surface area contributed by atoms with Crippen molar-refractivity contribution in [2.45, 2.75) is 6.18 Å². The number of nitrogens with zero attached hydrogens (tertiary/aromatic N) is 3. The number of phenols is 1. The van der Waals surface area contributed by atoms with Crippen molar-refractivity contribution in [3.8, 4) is 27.8 Å². The maximum Gasteiger partial charge on any atom is 0.418 e. The van der Waals surface area contributed by atoms with Crippen LogP contribution in [0.15, 0.2) is 64.8 Å². The quantitative estimate of drug-likeness (QED) is 0.322. The molecule has 0 saturated carbocycles. The highest BCUT2D eigenvalue weighted by Gasteiger charge is 2.34. The van der Waals surface area contributed by atoms with E-state index in [2.05, 4.69) is 15.2 Å². The zero-order chi connectivity index (χ0) is 22.9. The van der Waals surface area contributed by atoms with E-state index < -0.39 is 23.2 Å². The number of fused-ring (bicyclic) bond motifs is 1. The highest BCUT2D eigenvalue weighted by Crippen LogP contribution is 2.41. The summed E-state index contributed by atoms with van der Waals surface area (Å²) in [6, 6.07) is 13.4. The molecule has 0 aliphatic carbocycles. The molecule has 4 aromatic rings. The molecule has 0 fully saturated rings. The molecule has 10 heteroatoms. The van der Waals surface area contributed by atoms with Gasteiger partial charge in [0.15, 0.2) is 0 Å². The topological polar surface area (TPSA) is 76.3 Å². The van der Waals surface area contributed by atoms with Crippen LogP contribution in [0.4, 0.5) is 24.5 Å². The minimum absolute atomic E-state index is 0.250. The number of halogens is 3. The number of azo groups is 1. The number of alkyl halides is 3. The predicted octanol–water partition coefficient (Wildman–Crippen LogP) is 7.12. The van der Waals surface area contributed by atoms with E-state index in [1.54, 1.807) is 25.3 Å². The molecule has 1 heterocycles. The lowest BCUT2D eigenvalue weighted by Crippen LogP contribution is -2.04. The van der Waals surface area contributed by atoms with Gasteiger partial charge in [0.05, 0.1) is 35.7 Å². The van der Waals surface area contributed by atoms with Crippen LogP contribution in [0.3, 0.4) is 0 Å². The number of ether oxygens (including phenoxy) is 2. The lowest BCUT2D eigenvalue weighted by atomic mass is 10.1. The number of hydrogen-bond donors (Lipinski definition) is 1. The Morgan fingerprint density at radius 3 is 2.38 bits per heavy atom. The van der Waals surface area contributed by atoms with Gasteiger partial charge in [-0.05, 0) is 54.6 Å². The summed E-state index contributed by atoms with van der Waals surface area (Å²) in [5.74, 6) is 0.551. The Labute approximate surface area is 184 Å². The van der Waals surface area contributed by atoms with Crippen molar-refractivity contribution in [3.63, 3.8) is 0 Å². The van der Waals surface area contributed by atoms with Gasteiger partial charge in [-0.25, -0.2) is 4.98 Å². The molecule has 0 aliphatic heterocycles. The number of thiazole rings is 1. The van der Waals surface area contributed by atoms with Crippen molar-refractivity contribution in [2.24, 2.45) is 10.2 Å². The molecule has 0 spiro atoms. The van der Waals surface area contributed by atoms with Gasteiger partial charge < -0.3 is 14.6 Å². The molecule has 1 aromatic heterocycles. The second-order valence-corrected chi connectivity index (χ2v) is 7.67. The summed E-state index contributed by atoms with van der Waals surface area (Å²) >= 11 is 1.47. The molecule has 1 N–H and O–H groups in total. The second-order valence-electron chi connectivity index (χ2n) is 6.64. The third kappa shape index (κ3) is 4.35. The van der Waals surface area contributed by atoms with Crippen LogP contribution in [0.2, 0.25) is 0 Å². The number of hydrogen-bond acceptors (Lipinski definition) is 7. The molecule has 0 unspecified atom stereocenters. The molecule has 0 radical (unpaired) electrons. The monoisotopic (exact) mass is 459 g/mol. The summed E-state index contributed by atoms with van der Waals surface area (Å²) in [5.41, 5.74) is 0.339. The molecular formula is C22H16F3N3O3S. The van der Waals surface area contributed by atoms with E-state index in [4.69, 9.17) is 9.47 Å². The summed E-state index contributed by atoms with van der Waals surface area (Å²) in [7, 11) is 3.03. The lowest BCUT2D eigenvalue weighted by Gasteiger charge is -2.10. The average Bonchev–Trinajstić information content (AvgIpc) is 3.20. The smallest absolute Gasteiger partial charge is 0.418 e. The fraction of sp³-hybridized carbons (Fsp3) is 0.136. The number of rotatable bonds is 5. The first-order valence-corrected chi connectivity index (χ1v) is 10.0. The minimum Gasteiger partial charge on any atom is -0.508 e. The van der Waals surface area contributed by atoms with Gasteiger partial charge in [0.25, 0.3) is 0 Å². The zero-order valence-corrected chi connectivity index (χ0v) is 17.7. The van der Waals surface area contributed by atoms with Gasteiger partial charge in [0.1, 0.15) is 27.9 Å². The molecule has 0 aliphatic rings. The molecule has 32 heavy (non-hydrogen) atoms. The Morgan fingerprint density at radius 2 is 1.66 bits per heavy atom. The molecule has 0 bridgehead atoms. The van der Waals surface area contributed by atoms with Gasteiger partial charge in [0.2, 0.25) is 0 Å². The first kappa shape index (κ1) is 21.6. The van der Waals surface area contributed by atoms with E-state index in [9.17, 15) is 18.3 Å².